The Balaban J connectivity index is 1.85. The lowest BCUT2D eigenvalue weighted by Crippen LogP contribution is -2.20. The summed E-state index contributed by atoms with van der Waals surface area (Å²) in [6.07, 6.45) is 0. The summed E-state index contributed by atoms with van der Waals surface area (Å²) >= 11 is 4.18. The molecule has 6 unspecified atom stereocenters. The highest BCUT2D eigenvalue weighted by Crippen LogP contribution is 2.71. The quantitative estimate of drug-likeness (QED) is 0.517. The van der Waals surface area contributed by atoms with Crippen LogP contribution in [0.15, 0.2) is 0 Å². The molecule has 1 aliphatic carbocycles. The van der Waals surface area contributed by atoms with Crippen molar-refractivity contribution in [1.82, 2.24) is 0 Å². The van der Waals surface area contributed by atoms with Crippen LogP contribution in [0.25, 0.3) is 0 Å². The Bertz CT molecular complexity index is 229. The summed E-state index contributed by atoms with van der Waals surface area (Å²) in [4.78, 5) is 0. The first-order valence-electron chi connectivity index (χ1n) is 3.58. The summed E-state index contributed by atoms with van der Waals surface area (Å²) < 4.78 is 11.3. The van der Waals surface area contributed by atoms with E-state index in [1.54, 1.807) is 0 Å². The highest BCUT2D eigenvalue weighted by atomic mass is 32.2. The predicted octanol–water partition coefficient (Wildman–Crippen LogP) is 0.468. The van der Waals surface area contributed by atoms with Gasteiger partial charge in [0.2, 0.25) is 0 Å². The van der Waals surface area contributed by atoms with Gasteiger partial charge in [-0.1, -0.05) is 0 Å². The lowest BCUT2D eigenvalue weighted by Gasteiger charge is -1.96. The van der Waals surface area contributed by atoms with Crippen LogP contribution < -0.4 is 0 Å². The van der Waals surface area contributed by atoms with Crippen molar-refractivity contribution in [2.75, 3.05) is 0 Å². The Morgan fingerprint density at radius 2 is 1.40 bits per heavy atom. The van der Waals surface area contributed by atoms with Gasteiger partial charge >= 0.3 is 0 Å². The monoisotopic (exact) mass is 190 g/mol. The second-order valence-corrected chi connectivity index (χ2v) is 7.86. The number of hydrogen-bond donors (Lipinski definition) is 0. The summed E-state index contributed by atoms with van der Waals surface area (Å²) in [5, 5.41) is 4.83. The van der Waals surface area contributed by atoms with Crippen molar-refractivity contribution >= 4 is 34.3 Å². The van der Waals surface area contributed by atoms with E-state index in [4.69, 9.17) is 0 Å². The van der Waals surface area contributed by atoms with Crippen LogP contribution in [0.5, 0.6) is 0 Å². The van der Waals surface area contributed by atoms with E-state index in [0.29, 0.717) is 10.5 Å². The van der Waals surface area contributed by atoms with Crippen molar-refractivity contribution < 1.29 is 4.21 Å². The van der Waals surface area contributed by atoms with Gasteiger partial charge in [0.1, 0.15) is 0 Å². The minimum absolute atomic E-state index is 0.393. The third-order valence-electron chi connectivity index (χ3n) is 2.88. The summed E-state index contributed by atoms with van der Waals surface area (Å²) in [5.74, 6) is 0. The van der Waals surface area contributed by atoms with Crippen LogP contribution in [0, 0.1) is 0 Å². The average Bonchev–Trinajstić information content (AvgIpc) is 2.62. The number of thioether (sulfide) groups is 2. The van der Waals surface area contributed by atoms with E-state index in [0.717, 1.165) is 21.0 Å². The molecular formula is C6H6OS3. The fourth-order valence-electron chi connectivity index (χ4n) is 2.19. The van der Waals surface area contributed by atoms with Crippen molar-refractivity contribution in [3.63, 3.8) is 0 Å². The van der Waals surface area contributed by atoms with Gasteiger partial charge in [0.05, 0.1) is 10.5 Å². The van der Waals surface area contributed by atoms with Crippen molar-refractivity contribution in [2.24, 2.45) is 0 Å². The predicted molar refractivity (Wildman–Crippen MR) is 46.1 cm³/mol. The molecule has 4 aliphatic rings. The van der Waals surface area contributed by atoms with Crippen LogP contribution in [-0.4, -0.2) is 35.7 Å². The van der Waals surface area contributed by atoms with E-state index in [2.05, 4.69) is 23.5 Å². The molecule has 0 aromatic carbocycles. The van der Waals surface area contributed by atoms with Crippen LogP contribution in [-0.2, 0) is 10.8 Å². The molecule has 54 valence electrons. The topological polar surface area (TPSA) is 17.1 Å². The molecular weight excluding hydrogens is 184 g/mol. The Kier molecular flexibility index (Phi) is 0.744. The van der Waals surface area contributed by atoms with Crippen LogP contribution in [0.4, 0.5) is 0 Å². The van der Waals surface area contributed by atoms with Gasteiger partial charge in [0.15, 0.2) is 0 Å². The molecule has 3 aliphatic heterocycles. The number of rotatable bonds is 0. The van der Waals surface area contributed by atoms with E-state index in [1.807, 2.05) is 0 Å². The average molecular weight is 190 g/mol. The fourth-order valence-corrected chi connectivity index (χ4v) is 8.52. The second kappa shape index (κ2) is 1.36. The van der Waals surface area contributed by atoms with Gasteiger partial charge in [-0.2, -0.15) is 23.5 Å². The Labute approximate surface area is 70.2 Å². The molecule has 0 radical (unpaired) electrons. The highest BCUT2D eigenvalue weighted by molar-refractivity contribution is 8.15. The third-order valence-corrected chi connectivity index (χ3v) is 8.30. The molecule has 4 rings (SSSR count). The maximum atomic E-state index is 11.3. The van der Waals surface area contributed by atoms with Gasteiger partial charge in [0, 0.05) is 31.8 Å². The smallest absolute Gasteiger partial charge is 0.0636 e. The summed E-state index contributed by atoms with van der Waals surface area (Å²) in [5.41, 5.74) is 0. The maximum absolute atomic E-state index is 11.3. The molecule has 3 saturated heterocycles. The van der Waals surface area contributed by atoms with E-state index in [9.17, 15) is 4.21 Å². The number of hydrogen-bond acceptors (Lipinski definition) is 3. The first-order chi connectivity index (χ1) is 4.88. The van der Waals surface area contributed by atoms with Crippen molar-refractivity contribution in [3.05, 3.63) is 0 Å². The van der Waals surface area contributed by atoms with Crippen molar-refractivity contribution in [1.29, 1.82) is 0 Å². The minimum Gasteiger partial charge on any atom is -0.259 e. The van der Waals surface area contributed by atoms with E-state index in [-0.39, 0.29) is 0 Å². The summed E-state index contributed by atoms with van der Waals surface area (Å²) in [6, 6.07) is 0. The normalized spacial score (nSPS) is 80.6. The molecule has 0 bridgehead atoms. The SMILES string of the molecule is O=S1C2C3SC3C3SC3C21. The van der Waals surface area contributed by atoms with Crippen molar-refractivity contribution in [3.8, 4) is 0 Å². The van der Waals surface area contributed by atoms with Gasteiger partial charge in [-0.3, -0.25) is 4.21 Å². The molecule has 1 nitrogen and oxygen atoms in total. The van der Waals surface area contributed by atoms with Gasteiger partial charge < -0.3 is 0 Å². The Morgan fingerprint density at radius 3 is 1.90 bits per heavy atom. The van der Waals surface area contributed by atoms with E-state index in [1.165, 1.54) is 0 Å². The van der Waals surface area contributed by atoms with E-state index < -0.39 is 10.8 Å². The van der Waals surface area contributed by atoms with E-state index >= 15 is 0 Å². The largest absolute Gasteiger partial charge is 0.259 e. The Hall–Kier alpha value is 0.850. The summed E-state index contributed by atoms with van der Waals surface area (Å²) in [6.45, 7) is 0. The molecule has 3 heterocycles. The van der Waals surface area contributed by atoms with Crippen molar-refractivity contribution in [2.45, 2.75) is 31.5 Å². The molecule has 1 saturated carbocycles. The molecule has 0 amide bonds. The minimum atomic E-state index is -0.393. The summed E-state index contributed by atoms with van der Waals surface area (Å²) in [7, 11) is -0.393. The third kappa shape index (κ3) is 0.449. The molecule has 0 spiro atoms. The zero-order chi connectivity index (χ0) is 6.46. The first-order valence-corrected chi connectivity index (χ1v) is 6.74. The zero-order valence-electron chi connectivity index (χ0n) is 5.10. The molecule has 0 aromatic rings. The molecule has 4 fully saturated rings. The molecule has 10 heavy (non-hydrogen) atoms. The van der Waals surface area contributed by atoms with Gasteiger partial charge in [-0.25, -0.2) is 0 Å². The second-order valence-electron chi connectivity index (χ2n) is 3.39. The zero-order valence-corrected chi connectivity index (χ0v) is 7.55. The van der Waals surface area contributed by atoms with Crippen LogP contribution in [0.1, 0.15) is 0 Å². The Morgan fingerprint density at radius 1 is 0.900 bits per heavy atom. The van der Waals surface area contributed by atoms with Crippen LogP contribution in [0.2, 0.25) is 0 Å². The number of fused-ring (bicyclic) bond motifs is 6. The first kappa shape index (κ1) is 5.49. The van der Waals surface area contributed by atoms with Gasteiger partial charge in [-0.05, 0) is 0 Å². The van der Waals surface area contributed by atoms with Gasteiger partial charge in [0.25, 0.3) is 0 Å². The molecule has 4 heteroatoms. The van der Waals surface area contributed by atoms with Gasteiger partial charge in [-0.15, -0.1) is 0 Å². The van der Waals surface area contributed by atoms with Crippen LogP contribution in [0.3, 0.4) is 0 Å². The fraction of sp³-hybridized carbons (Fsp3) is 1.00. The molecule has 6 atom stereocenters. The molecule has 0 aromatic heterocycles. The lowest BCUT2D eigenvalue weighted by molar-refractivity contribution is 0.692. The highest BCUT2D eigenvalue weighted by Gasteiger charge is 2.77. The molecule has 0 N–H and O–H groups in total. The maximum Gasteiger partial charge on any atom is 0.0636 e. The lowest BCUT2D eigenvalue weighted by atomic mass is 10.0. The van der Waals surface area contributed by atoms with Crippen LogP contribution >= 0.6 is 23.5 Å². The standard InChI is InChI=1S/C6H6OS3/c7-10-5-3-1(8-3)2-4(9-2)6(5)10/h1-6H.